The highest BCUT2D eigenvalue weighted by molar-refractivity contribution is 5.75. The number of aliphatic hydroxyl groups excluding tert-OH is 2. The van der Waals surface area contributed by atoms with Crippen LogP contribution < -0.4 is 0 Å². The summed E-state index contributed by atoms with van der Waals surface area (Å²) in [5, 5.41) is 19.7. The molecule has 0 radical (unpaired) electrons. The lowest BCUT2D eigenvalue weighted by atomic mass is 9.82. The van der Waals surface area contributed by atoms with Crippen LogP contribution in [0.15, 0.2) is 23.3 Å². The van der Waals surface area contributed by atoms with Crippen LogP contribution >= 0.6 is 0 Å². The van der Waals surface area contributed by atoms with Crippen LogP contribution in [0.1, 0.15) is 33.1 Å². The van der Waals surface area contributed by atoms with E-state index >= 15 is 0 Å². The third kappa shape index (κ3) is 3.07. The van der Waals surface area contributed by atoms with E-state index in [1.807, 2.05) is 6.92 Å². The van der Waals surface area contributed by atoms with Gasteiger partial charge in [0.25, 0.3) is 0 Å². The molecule has 0 bridgehead atoms. The summed E-state index contributed by atoms with van der Waals surface area (Å²) in [6.45, 7) is 3.77. The molecule has 0 unspecified atom stereocenters. The van der Waals surface area contributed by atoms with Gasteiger partial charge >= 0.3 is 5.97 Å². The van der Waals surface area contributed by atoms with Gasteiger partial charge in [0.2, 0.25) is 0 Å². The first-order valence-electron chi connectivity index (χ1n) is 6.87. The van der Waals surface area contributed by atoms with E-state index < -0.39 is 6.10 Å². The lowest BCUT2D eigenvalue weighted by molar-refractivity contribution is -0.143. The molecule has 0 aromatic carbocycles. The molecule has 4 atom stereocenters. The molecule has 2 rings (SSSR count). The molecule has 1 heterocycles. The molecule has 19 heavy (non-hydrogen) atoms. The van der Waals surface area contributed by atoms with Gasteiger partial charge in [-0.3, -0.25) is 4.79 Å². The van der Waals surface area contributed by atoms with Crippen LogP contribution in [0, 0.1) is 11.8 Å². The van der Waals surface area contributed by atoms with Gasteiger partial charge in [0.1, 0.15) is 6.10 Å². The molecule has 0 saturated carbocycles. The number of carbonyl (C=O) groups is 1. The van der Waals surface area contributed by atoms with Crippen LogP contribution in [0.4, 0.5) is 0 Å². The molecule has 1 saturated heterocycles. The maximum Gasteiger partial charge on any atom is 0.309 e. The van der Waals surface area contributed by atoms with Crippen molar-refractivity contribution in [3.63, 3.8) is 0 Å². The Morgan fingerprint density at radius 1 is 1.47 bits per heavy atom. The minimum Gasteiger partial charge on any atom is -0.461 e. The van der Waals surface area contributed by atoms with Gasteiger partial charge in [-0.25, -0.2) is 0 Å². The Hall–Kier alpha value is -1.13. The lowest BCUT2D eigenvalue weighted by Crippen LogP contribution is -2.31. The van der Waals surface area contributed by atoms with Crippen LogP contribution in [0.25, 0.3) is 0 Å². The largest absolute Gasteiger partial charge is 0.461 e. The molecule has 0 amide bonds. The minimum atomic E-state index is -0.737. The summed E-state index contributed by atoms with van der Waals surface area (Å²) in [5.74, 6) is -0.765. The van der Waals surface area contributed by atoms with Crippen molar-refractivity contribution in [3.05, 3.63) is 23.3 Å². The molecule has 1 fully saturated rings. The third-order valence-electron chi connectivity index (χ3n) is 4.13. The van der Waals surface area contributed by atoms with Crippen LogP contribution in [-0.4, -0.2) is 35.0 Å². The van der Waals surface area contributed by atoms with E-state index in [-0.39, 0.29) is 30.5 Å². The second-order valence-electron chi connectivity index (χ2n) is 5.61. The van der Waals surface area contributed by atoms with Crippen molar-refractivity contribution < 1.29 is 19.7 Å². The molecular formula is C15H22O4. The lowest BCUT2D eigenvalue weighted by Gasteiger charge is -2.24. The zero-order chi connectivity index (χ0) is 14.0. The van der Waals surface area contributed by atoms with E-state index in [1.165, 1.54) is 5.57 Å². The van der Waals surface area contributed by atoms with Gasteiger partial charge in [-0.1, -0.05) is 24.6 Å². The molecule has 2 N–H and O–H groups in total. The van der Waals surface area contributed by atoms with E-state index in [0.29, 0.717) is 6.42 Å². The van der Waals surface area contributed by atoms with Gasteiger partial charge in [0, 0.05) is 12.3 Å². The second-order valence-corrected chi connectivity index (χ2v) is 5.61. The van der Waals surface area contributed by atoms with E-state index in [0.717, 1.165) is 18.4 Å². The fourth-order valence-electron chi connectivity index (χ4n) is 2.98. The smallest absolute Gasteiger partial charge is 0.309 e. The Balaban J connectivity index is 2.30. The minimum absolute atomic E-state index is 0.0511. The van der Waals surface area contributed by atoms with Crippen molar-refractivity contribution in [1.82, 2.24) is 0 Å². The molecule has 0 aromatic rings. The van der Waals surface area contributed by atoms with E-state index in [4.69, 9.17) is 4.74 Å². The number of ether oxygens (including phenoxy) is 1. The first-order valence-corrected chi connectivity index (χ1v) is 6.87. The first-order chi connectivity index (χ1) is 9.02. The predicted octanol–water partition coefficient (Wildman–Crippen LogP) is 1.57. The predicted molar refractivity (Wildman–Crippen MR) is 71.3 cm³/mol. The fraction of sp³-hybridized carbons (Fsp3) is 0.667. The fourth-order valence-corrected chi connectivity index (χ4v) is 2.98. The van der Waals surface area contributed by atoms with Gasteiger partial charge in [0.15, 0.2) is 0 Å². The molecule has 1 aliphatic carbocycles. The maximum atomic E-state index is 11.7. The number of allylic oxidation sites excluding steroid dienone is 1. The average Bonchev–Trinajstić information content (AvgIpc) is 2.63. The van der Waals surface area contributed by atoms with Crippen molar-refractivity contribution >= 4 is 5.97 Å². The Bertz CT molecular complexity index is 410. The van der Waals surface area contributed by atoms with Crippen LogP contribution in [0.2, 0.25) is 0 Å². The summed E-state index contributed by atoms with van der Waals surface area (Å²) >= 11 is 0. The van der Waals surface area contributed by atoms with Crippen LogP contribution in [0.3, 0.4) is 0 Å². The molecular weight excluding hydrogens is 244 g/mol. The summed E-state index contributed by atoms with van der Waals surface area (Å²) in [4.78, 5) is 11.7. The van der Waals surface area contributed by atoms with Crippen molar-refractivity contribution in [3.8, 4) is 0 Å². The molecule has 0 spiro atoms. The summed E-state index contributed by atoms with van der Waals surface area (Å²) in [5.41, 5.74) is 1.99. The molecule has 106 valence electrons. The molecule has 1 aliphatic heterocycles. The first kappa shape index (κ1) is 14.3. The number of carbonyl (C=O) groups excluding carboxylic acids is 1. The average molecular weight is 266 g/mol. The van der Waals surface area contributed by atoms with Crippen LogP contribution in [-0.2, 0) is 9.53 Å². The summed E-state index contributed by atoms with van der Waals surface area (Å²) in [6, 6.07) is 0. The van der Waals surface area contributed by atoms with Gasteiger partial charge in [-0.15, -0.1) is 0 Å². The van der Waals surface area contributed by atoms with Crippen molar-refractivity contribution in [1.29, 1.82) is 0 Å². The van der Waals surface area contributed by atoms with Gasteiger partial charge in [-0.2, -0.15) is 0 Å². The van der Waals surface area contributed by atoms with E-state index in [2.05, 4.69) is 6.08 Å². The highest BCUT2D eigenvalue weighted by Crippen LogP contribution is 2.35. The number of rotatable bonds is 1. The normalized spacial score (nSPS) is 41.6. The monoisotopic (exact) mass is 266 g/mol. The topological polar surface area (TPSA) is 66.8 Å². The Morgan fingerprint density at radius 3 is 2.89 bits per heavy atom. The Kier molecular flexibility index (Phi) is 4.42. The molecule has 2 aliphatic rings. The van der Waals surface area contributed by atoms with Crippen molar-refractivity contribution in [2.45, 2.75) is 45.3 Å². The third-order valence-corrected chi connectivity index (χ3v) is 4.13. The van der Waals surface area contributed by atoms with Crippen molar-refractivity contribution in [2.24, 2.45) is 11.8 Å². The number of hydrogen-bond acceptors (Lipinski definition) is 4. The zero-order valence-corrected chi connectivity index (χ0v) is 11.5. The SMILES string of the molecule is C/C1=C/CC/C(CO)=C\[C@@H](O)[C@H]2[C@H](C1)OC(=O)[C@H]2C. The quantitative estimate of drug-likeness (QED) is 0.558. The Morgan fingerprint density at radius 2 is 2.21 bits per heavy atom. The van der Waals surface area contributed by atoms with Crippen LogP contribution in [0.5, 0.6) is 0 Å². The molecule has 4 nitrogen and oxygen atoms in total. The number of esters is 1. The summed E-state index contributed by atoms with van der Waals surface area (Å²) in [7, 11) is 0. The van der Waals surface area contributed by atoms with Crippen molar-refractivity contribution in [2.75, 3.05) is 6.61 Å². The Labute approximate surface area is 113 Å². The van der Waals surface area contributed by atoms with E-state index in [9.17, 15) is 15.0 Å². The summed E-state index contributed by atoms with van der Waals surface area (Å²) < 4.78 is 5.39. The number of aliphatic hydroxyl groups is 2. The zero-order valence-electron chi connectivity index (χ0n) is 11.5. The van der Waals surface area contributed by atoms with E-state index in [1.54, 1.807) is 13.0 Å². The summed E-state index contributed by atoms with van der Waals surface area (Å²) in [6.07, 6.45) is 5.08. The second kappa shape index (κ2) is 5.88. The van der Waals surface area contributed by atoms with Gasteiger partial charge in [-0.05, 0) is 25.3 Å². The highest BCUT2D eigenvalue weighted by atomic mass is 16.6. The number of hydrogen-bond donors (Lipinski definition) is 2. The molecule has 4 heteroatoms. The molecule has 0 aromatic heterocycles. The standard InChI is InChI=1S/C15H22O4/c1-9-4-3-5-11(8-16)7-12(17)14-10(2)15(18)19-13(14)6-9/h4,7,10,12-14,16-17H,3,5-6,8H2,1-2H3/b9-4-,11-7+/t10-,12+,13-,14-/m0/s1. The maximum absolute atomic E-state index is 11.7. The number of fused-ring (bicyclic) bond motifs is 1. The van der Waals surface area contributed by atoms with Gasteiger partial charge in [0.05, 0.1) is 18.6 Å². The van der Waals surface area contributed by atoms with Gasteiger partial charge < -0.3 is 14.9 Å². The highest BCUT2D eigenvalue weighted by Gasteiger charge is 2.45.